The SMILES string of the molecule is CCC.CNC(c1ccc(Cl)cc1)C(F)(F)F.C[C@@H]1CNCCO1. The molecule has 1 aliphatic rings. The Hall–Kier alpha value is -0.820. The molecule has 140 valence electrons. The topological polar surface area (TPSA) is 33.3 Å². The van der Waals surface area contributed by atoms with Crippen molar-refractivity contribution in [3.8, 4) is 0 Å². The van der Waals surface area contributed by atoms with E-state index in [1.807, 2.05) is 0 Å². The molecule has 0 radical (unpaired) electrons. The van der Waals surface area contributed by atoms with Gasteiger partial charge in [0.05, 0.1) is 12.7 Å². The van der Waals surface area contributed by atoms with Gasteiger partial charge in [0.25, 0.3) is 0 Å². The van der Waals surface area contributed by atoms with Crippen LogP contribution in [-0.2, 0) is 4.74 Å². The molecule has 1 aromatic rings. The molecule has 1 aromatic carbocycles. The van der Waals surface area contributed by atoms with Gasteiger partial charge in [-0.2, -0.15) is 13.2 Å². The number of ether oxygens (including phenoxy) is 1. The molecule has 1 unspecified atom stereocenters. The minimum Gasteiger partial charge on any atom is -0.376 e. The Labute approximate surface area is 147 Å². The van der Waals surface area contributed by atoms with Crippen molar-refractivity contribution in [3.05, 3.63) is 34.9 Å². The van der Waals surface area contributed by atoms with Crippen molar-refractivity contribution in [2.45, 2.75) is 45.5 Å². The first-order valence-corrected chi connectivity index (χ1v) is 8.45. The monoisotopic (exact) mass is 368 g/mol. The molecule has 0 aliphatic carbocycles. The molecule has 0 amide bonds. The van der Waals surface area contributed by atoms with Gasteiger partial charge in [-0.3, -0.25) is 0 Å². The predicted molar refractivity (Wildman–Crippen MR) is 93.6 cm³/mol. The zero-order valence-corrected chi connectivity index (χ0v) is 15.5. The molecule has 2 rings (SSSR count). The molecule has 2 atom stereocenters. The zero-order valence-electron chi connectivity index (χ0n) is 14.7. The Balaban J connectivity index is 0.000000439. The van der Waals surface area contributed by atoms with Gasteiger partial charge < -0.3 is 15.4 Å². The van der Waals surface area contributed by atoms with Crippen molar-refractivity contribution >= 4 is 11.6 Å². The van der Waals surface area contributed by atoms with Crippen LogP contribution in [-0.4, -0.2) is 39.0 Å². The van der Waals surface area contributed by atoms with Gasteiger partial charge in [-0.05, 0) is 31.7 Å². The third-order valence-corrected chi connectivity index (χ3v) is 3.18. The van der Waals surface area contributed by atoms with Crippen LogP contribution in [0.15, 0.2) is 24.3 Å². The van der Waals surface area contributed by atoms with E-state index in [0.717, 1.165) is 19.7 Å². The molecular formula is C17H28ClF3N2O. The fourth-order valence-corrected chi connectivity index (χ4v) is 2.00. The van der Waals surface area contributed by atoms with Crippen LogP contribution >= 0.6 is 11.6 Å². The summed E-state index contributed by atoms with van der Waals surface area (Å²) in [7, 11) is 1.27. The molecule has 1 heterocycles. The van der Waals surface area contributed by atoms with Crippen molar-refractivity contribution < 1.29 is 17.9 Å². The third kappa shape index (κ3) is 10.1. The quantitative estimate of drug-likeness (QED) is 0.802. The maximum atomic E-state index is 12.4. The minimum absolute atomic E-state index is 0.157. The van der Waals surface area contributed by atoms with E-state index in [0.29, 0.717) is 11.1 Å². The van der Waals surface area contributed by atoms with E-state index in [2.05, 4.69) is 31.4 Å². The van der Waals surface area contributed by atoms with Crippen LogP contribution in [0.2, 0.25) is 5.02 Å². The molecule has 0 saturated carbocycles. The molecule has 0 bridgehead atoms. The van der Waals surface area contributed by atoms with E-state index in [1.165, 1.54) is 37.7 Å². The third-order valence-electron chi connectivity index (χ3n) is 2.93. The van der Waals surface area contributed by atoms with E-state index in [1.54, 1.807) is 0 Å². The van der Waals surface area contributed by atoms with Crippen molar-refractivity contribution in [2.24, 2.45) is 0 Å². The van der Waals surface area contributed by atoms with Gasteiger partial charge in [-0.15, -0.1) is 0 Å². The molecule has 0 spiro atoms. The number of hydrogen-bond donors (Lipinski definition) is 2. The van der Waals surface area contributed by atoms with Crippen LogP contribution in [0.5, 0.6) is 0 Å². The summed E-state index contributed by atoms with van der Waals surface area (Å²) in [5, 5.41) is 5.84. The van der Waals surface area contributed by atoms with Crippen LogP contribution in [0.3, 0.4) is 0 Å². The van der Waals surface area contributed by atoms with Gasteiger partial charge >= 0.3 is 6.18 Å². The average Bonchev–Trinajstić information content (AvgIpc) is 2.51. The fraction of sp³-hybridized carbons (Fsp3) is 0.647. The number of morpholine rings is 1. The average molecular weight is 369 g/mol. The molecule has 24 heavy (non-hydrogen) atoms. The highest BCUT2D eigenvalue weighted by molar-refractivity contribution is 6.30. The van der Waals surface area contributed by atoms with Crippen molar-refractivity contribution in [2.75, 3.05) is 26.7 Å². The summed E-state index contributed by atoms with van der Waals surface area (Å²) < 4.78 is 42.4. The van der Waals surface area contributed by atoms with Gasteiger partial charge in [0.2, 0.25) is 0 Å². The standard InChI is InChI=1S/C9H9ClF3N.C5H11NO.C3H8/c1-14-8(9(11,12)13)6-2-4-7(10)5-3-6;1-5-4-6-2-3-7-5;1-3-2/h2-5,8,14H,1H3;5-6H,2-4H2,1H3;3H2,1-2H3/t;5-;/m.1./s1. The smallest absolute Gasteiger partial charge is 0.376 e. The second kappa shape index (κ2) is 12.5. The maximum Gasteiger partial charge on any atom is 0.407 e. The summed E-state index contributed by atoms with van der Waals surface area (Å²) >= 11 is 5.57. The van der Waals surface area contributed by atoms with Crippen LogP contribution in [0, 0.1) is 0 Å². The summed E-state index contributed by atoms with van der Waals surface area (Å²) in [6.07, 6.45) is -2.61. The highest BCUT2D eigenvalue weighted by Gasteiger charge is 2.39. The van der Waals surface area contributed by atoms with Gasteiger partial charge in [0.1, 0.15) is 6.04 Å². The van der Waals surface area contributed by atoms with E-state index in [-0.39, 0.29) is 5.56 Å². The van der Waals surface area contributed by atoms with Crippen molar-refractivity contribution in [1.29, 1.82) is 0 Å². The Morgan fingerprint density at radius 2 is 1.83 bits per heavy atom. The highest BCUT2D eigenvalue weighted by atomic mass is 35.5. The summed E-state index contributed by atoms with van der Waals surface area (Å²) in [6.45, 7) is 9.23. The van der Waals surface area contributed by atoms with Crippen LogP contribution in [0.4, 0.5) is 13.2 Å². The molecule has 3 nitrogen and oxygen atoms in total. The number of rotatable bonds is 2. The van der Waals surface area contributed by atoms with Crippen LogP contribution < -0.4 is 10.6 Å². The summed E-state index contributed by atoms with van der Waals surface area (Å²) in [5.41, 5.74) is 0.157. The molecule has 1 aliphatic heterocycles. The number of hydrogen-bond acceptors (Lipinski definition) is 3. The van der Waals surface area contributed by atoms with Crippen molar-refractivity contribution in [3.63, 3.8) is 0 Å². The lowest BCUT2D eigenvalue weighted by Gasteiger charge is -2.19. The lowest BCUT2D eigenvalue weighted by Crippen LogP contribution is -2.36. The Morgan fingerprint density at radius 1 is 1.29 bits per heavy atom. The number of alkyl halides is 3. The van der Waals surface area contributed by atoms with Crippen LogP contribution in [0.25, 0.3) is 0 Å². The second-order valence-electron chi connectivity index (χ2n) is 5.41. The second-order valence-corrected chi connectivity index (χ2v) is 5.84. The van der Waals surface area contributed by atoms with E-state index in [9.17, 15) is 13.2 Å². The summed E-state index contributed by atoms with van der Waals surface area (Å²) in [5.74, 6) is 0. The first-order valence-electron chi connectivity index (χ1n) is 8.07. The first kappa shape index (κ1) is 23.2. The Kier molecular flexibility index (Phi) is 12.1. The van der Waals surface area contributed by atoms with Gasteiger partial charge in [0.15, 0.2) is 0 Å². The molecule has 1 fully saturated rings. The van der Waals surface area contributed by atoms with E-state index in [4.69, 9.17) is 16.3 Å². The minimum atomic E-state index is -4.29. The largest absolute Gasteiger partial charge is 0.407 e. The molecule has 0 aromatic heterocycles. The normalized spacial score (nSPS) is 18.6. The first-order chi connectivity index (χ1) is 11.3. The number of nitrogens with one attached hydrogen (secondary N) is 2. The van der Waals surface area contributed by atoms with E-state index < -0.39 is 12.2 Å². The predicted octanol–water partition coefficient (Wildman–Crippen LogP) is 4.57. The van der Waals surface area contributed by atoms with Crippen LogP contribution in [0.1, 0.15) is 38.8 Å². The number of benzene rings is 1. The molecule has 7 heteroatoms. The number of halogens is 4. The molecule has 1 saturated heterocycles. The highest BCUT2D eigenvalue weighted by Crippen LogP contribution is 2.32. The summed E-state index contributed by atoms with van der Waals surface area (Å²) in [4.78, 5) is 0. The molecule has 2 N–H and O–H groups in total. The van der Waals surface area contributed by atoms with Crippen molar-refractivity contribution in [1.82, 2.24) is 10.6 Å². The molecular weight excluding hydrogens is 341 g/mol. The zero-order chi connectivity index (χ0) is 18.6. The van der Waals surface area contributed by atoms with Gasteiger partial charge in [-0.1, -0.05) is 44.0 Å². The van der Waals surface area contributed by atoms with E-state index >= 15 is 0 Å². The fourth-order valence-electron chi connectivity index (χ4n) is 1.87. The Bertz CT molecular complexity index is 421. The Morgan fingerprint density at radius 3 is 2.12 bits per heavy atom. The van der Waals surface area contributed by atoms with Gasteiger partial charge in [-0.25, -0.2) is 0 Å². The lowest BCUT2D eigenvalue weighted by molar-refractivity contribution is -0.156. The van der Waals surface area contributed by atoms with Gasteiger partial charge in [0, 0.05) is 18.1 Å². The summed E-state index contributed by atoms with van der Waals surface area (Å²) in [6, 6.07) is 3.95. The maximum absolute atomic E-state index is 12.4. The lowest BCUT2D eigenvalue weighted by atomic mass is 10.1.